The van der Waals surface area contributed by atoms with Crippen LogP contribution in [0.2, 0.25) is 5.02 Å². The van der Waals surface area contributed by atoms with E-state index in [0.29, 0.717) is 11.4 Å². The molecule has 0 saturated heterocycles. The molecular formula is C22H15ClF3N3O4. The molecule has 0 fully saturated rings. The van der Waals surface area contributed by atoms with Crippen molar-refractivity contribution < 1.29 is 32.6 Å². The van der Waals surface area contributed by atoms with Gasteiger partial charge in [-0.25, -0.2) is 4.79 Å². The summed E-state index contributed by atoms with van der Waals surface area (Å²) in [5.41, 5.74) is -1.99. The monoisotopic (exact) mass is 477 g/mol. The Balaban J connectivity index is 1.81. The number of aromatic carboxylic acids is 1. The lowest BCUT2D eigenvalue weighted by Crippen LogP contribution is -2.50. The molecule has 0 spiro atoms. The molecule has 4 rings (SSSR count). The van der Waals surface area contributed by atoms with Crippen LogP contribution in [0, 0.1) is 0 Å². The van der Waals surface area contributed by atoms with E-state index in [1.54, 1.807) is 12.1 Å². The molecule has 2 N–H and O–H groups in total. The topological polar surface area (TPSA) is 101 Å². The van der Waals surface area contributed by atoms with Gasteiger partial charge in [0.2, 0.25) is 0 Å². The maximum absolute atomic E-state index is 13.2. The van der Waals surface area contributed by atoms with Gasteiger partial charge < -0.3 is 15.2 Å². The predicted octanol–water partition coefficient (Wildman–Crippen LogP) is 4.30. The molecule has 1 aliphatic heterocycles. The number of hydrogen-bond acceptors (Lipinski definition) is 5. The molecule has 0 radical (unpaired) electrons. The van der Waals surface area contributed by atoms with E-state index in [2.05, 4.69) is 15.3 Å². The number of aromatic nitrogens is 2. The Morgan fingerprint density at radius 3 is 2.58 bits per heavy atom. The van der Waals surface area contributed by atoms with E-state index in [0.717, 1.165) is 18.3 Å². The van der Waals surface area contributed by atoms with Crippen molar-refractivity contribution in [3.63, 3.8) is 0 Å². The Bertz CT molecular complexity index is 1230. The van der Waals surface area contributed by atoms with Gasteiger partial charge in [-0.1, -0.05) is 17.7 Å². The van der Waals surface area contributed by atoms with E-state index < -0.39 is 34.2 Å². The maximum atomic E-state index is 13.2. The van der Waals surface area contributed by atoms with Crippen LogP contribution in [0.5, 0.6) is 5.75 Å². The normalized spacial score (nSPS) is 17.6. The third-order valence-electron chi connectivity index (χ3n) is 5.25. The van der Waals surface area contributed by atoms with Crippen molar-refractivity contribution in [1.82, 2.24) is 15.3 Å². The summed E-state index contributed by atoms with van der Waals surface area (Å²) in [6.07, 6.45) is -1.99. The first-order valence-electron chi connectivity index (χ1n) is 9.59. The number of carbonyl (C=O) groups excluding carboxylic acids is 1. The first kappa shape index (κ1) is 22.5. The molecule has 1 aromatic carbocycles. The van der Waals surface area contributed by atoms with Gasteiger partial charge in [-0.3, -0.25) is 14.8 Å². The molecule has 1 aliphatic rings. The predicted molar refractivity (Wildman–Crippen MR) is 110 cm³/mol. The highest BCUT2D eigenvalue weighted by molar-refractivity contribution is 6.31. The van der Waals surface area contributed by atoms with Crippen LogP contribution in [0.25, 0.3) is 0 Å². The minimum Gasteiger partial charge on any atom is -0.491 e. The highest BCUT2D eigenvalue weighted by Gasteiger charge is 2.44. The lowest BCUT2D eigenvalue weighted by Gasteiger charge is -2.39. The number of hydrogen-bond donors (Lipinski definition) is 2. The molecule has 3 heterocycles. The fourth-order valence-electron chi connectivity index (χ4n) is 3.66. The van der Waals surface area contributed by atoms with Gasteiger partial charge in [0.05, 0.1) is 22.8 Å². The third-order valence-corrected chi connectivity index (χ3v) is 5.56. The Kier molecular flexibility index (Phi) is 5.71. The van der Waals surface area contributed by atoms with Crippen molar-refractivity contribution in [3.8, 4) is 5.75 Å². The van der Waals surface area contributed by atoms with Crippen molar-refractivity contribution in [2.45, 2.75) is 18.1 Å². The molecule has 0 bridgehead atoms. The van der Waals surface area contributed by atoms with Gasteiger partial charge >= 0.3 is 12.1 Å². The van der Waals surface area contributed by atoms with Crippen molar-refractivity contribution >= 4 is 23.5 Å². The van der Waals surface area contributed by atoms with Crippen molar-refractivity contribution in [1.29, 1.82) is 0 Å². The van der Waals surface area contributed by atoms with Gasteiger partial charge in [-0.05, 0) is 42.0 Å². The van der Waals surface area contributed by atoms with Crippen LogP contribution in [-0.2, 0) is 11.7 Å². The van der Waals surface area contributed by atoms with Crippen molar-refractivity contribution in [3.05, 3.63) is 88.0 Å². The zero-order chi connectivity index (χ0) is 23.8. The number of carboxylic acid groups (broad SMARTS) is 1. The Labute approximate surface area is 190 Å². The Hall–Kier alpha value is -3.66. The van der Waals surface area contributed by atoms with Crippen molar-refractivity contribution in [2.75, 3.05) is 6.61 Å². The molecule has 7 nitrogen and oxygen atoms in total. The second-order valence-corrected chi connectivity index (χ2v) is 7.64. The van der Waals surface area contributed by atoms with Gasteiger partial charge in [0, 0.05) is 18.8 Å². The van der Waals surface area contributed by atoms with E-state index >= 15 is 0 Å². The number of benzene rings is 1. The first-order chi connectivity index (χ1) is 15.6. The fraction of sp³-hybridized carbons (Fsp3) is 0.182. The number of amides is 1. The molecule has 1 amide bonds. The number of fused-ring (bicyclic) bond motifs is 1. The molecule has 0 saturated carbocycles. The van der Waals surface area contributed by atoms with Crippen molar-refractivity contribution in [2.24, 2.45) is 0 Å². The maximum Gasteiger partial charge on any atom is 0.417 e. The summed E-state index contributed by atoms with van der Waals surface area (Å²) in [5, 5.41) is 11.3. The number of carboxylic acids is 1. The lowest BCUT2D eigenvalue weighted by atomic mass is 9.81. The largest absolute Gasteiger partial charge is 0.491 e. The molecule has 2 aromatic heterocycles. The number of halogens is 4. The van der Waals surface area contributed by atoms with Crippen LogP contribution >= 0.6 is 11.6 Å². The minimum atomic E-state index is -4.65. The second kappa shape index (κ2) is 8.36. The number of nitrogens with zero attached hydrogens (tertiary/aromatic N) is 2. The molecular weight excluding hydrogens is 463 g/mol. The molecule has 11 heteroatoms. The SMILES string of the molecule is O=C(O)c1ccc(C(=O)N[C@]2(c3ccc(C(F)(F)F)c(Cl)c3)CCOc3cccnc32)nc1. The van der Waals surface area contributed by atoms with Crippen LogP contribution in [0.4, 0.5) is 13.2 Å². The summed E-state index contributed by atoms with van der Waals surface area (Å²) in [4.78, 5) is 32.4. The summed E-state index contributed by atoms with van der Waals surface area (Å²) in [6, 6.07) is 8.96. The van der Waals surface area contributed by atoms with Gasteiger partial charge in [-0.2, -0.15) is 13.2 Å². The molecule has 0 unspecified atom stereocenters. The number of rotatable bonds is 4. The van der Waals surface area contributed by atoms with Gasteiger partial charge in [-0.15, -0.1) is 0 Å². The number of carbonyl (C=O) groups is 2. The lowest BCUT2D eigenvalue weighted by molar-refractivity contribution is -0.137. The third kappa shape index (κ3) is 4.21. The molecule has 0 aliphatic carbocycles. The summed E-state index contributed by atoms with van der Waals surface area (Å²) in [6.45, 7) is 0.142. The smallest absolute Gasteiger partial charge is 0.417 e. The van der Waals surface area contributed by atoms with E-state index in [4.69, 9.17) is 21.4 Å². The standard InChI is InChI=1S/C22H15ClF3N3O4/c23-15-10-13(4-5-14(15)22(24,25)26)21(7-9-33-17-2-1-8-27-18(17)21)29-19(30)16-6-3-12(11-28-16)20(31)32/h1-6,8,10-11H,7,9H2,(H,29,30)(H,31,32)/t21-/m0/s1. The fourth-order valence-corrected chi connectivity index (χ4v) is 3.95. The van der Waals surface area contributed by atoms with Crippen LogP contribution in [0.15, 0.2) is 54.9 Å². The number of pyridine rings is 2. The van der Waals surface area contributed by atoms with Crippen LogP contribution in [0.1, 0.15) is 44.1 Å². The van der Waals surface area contributed by atoms with E-state index in [-0.39, 0.29) is 29.8 Å². The average Bonchev–Trinajstić information content (AvgIpc) is 2.78. The van der Waals surface area contributed by atoms with Gasteiger partial charge in [0.15, 0.2) is 0 Å². The zero-order valence-electron chi connectivity index (χ0n) is 16.7. The van der Waals surface area contributed by atoms with E-state index in [9.17, 15) is 22.8 Å². The molecule has 170 valence electrons. The summed E-state index contributed by atoms with van der Waals surface area (Å²) in [7, 11) is 0. The highest BCUT2D eigenvalue weighted by atomic mass is 35.5. The minimum absolute atomic E-state index is 0.0821. The molecule has 33 heavy (non-hydrogen) atoms. The average molecular weight is 478 g/mol. The molecule has 3 aromatic rings. The molecule has 1 atom stereocenters. The van der Waals surface area contributed by atoms with Gasteiger partial charge in [0.25, 0.3) is 5.91 Å². The Morgan fingerprint density at radius 2 is 1.94 bits per heavy atom. The summed E-state index contributed by atoms with van der Waals surface area (Å²) < 4.78 is 45.4. The summed E-state index contributed by atoms with van der Waals surface area (Å²) >= 11 is 5.97. The second-order valence-electron chi connectivity index (χ2n) is 7.24. The van der Waals surface area contributed by atoms with Crippen LogP contribution in [-0.4, -0.2) is 33.6 Å². The zero-order valence-corrected chi connectivity index (χ0v) is 17.4. The van der Waals surface area contributed by atoms with E-state index in [1.165, 1.54) is 24.4 Å². The summed E-state index contributed by atoms with van der Waals surface area (Å²) in [5.74, 6) is -1.52. The highest BCUT2D eigenvalue weighted by Crippen LogP contribution is 2.43. The van der Waals surface area contributed by atoms with Crippen LogP contribution < -0.4 is 10.1 Å². The number of alkyl halides is 3. The van der Waals surface area contributed by atoms with Crippen LogP contribution in [0.3, 0.4) is 0 Å². The first-order valence-corrected chi connectivity index (χ1v) is 9.97. The number of nitrogens with one attached hydrogen (secondary N) is 1. The van der Waals surface area contributed by atoms with E-state index in [1.807, 2.05) is 0 Å². The number of ether oxygens (including phenoxy) is 1. The van der Waals surface area contributed by atoms with Gasteiger partial charge in [0.1, 0.15) is 22.7 Å². The quantitative estimate of drug-likeness (QED) is 0.581. The Morgan fingerprint density at radius 1 is 1.15 bits per heavy atom.